The molecule has 6 nitrogen and oxygen atoms in total. The van der Waals surface area contributed by atoms with Crippen LogP contribution in [0, 0.1) is 16.0 Å². The van der Waals surface area contributed by atoms with Gasteiger partial charge in [0.05, 0.1) is 9.82 Å². The summed E-state index contributed by atoms with van der Waals surface area (Å²) in [6.45, 7) is 6.06. The molecule has 7 heteroatoms. The number of amides is 1. The van der Waals surface area contributed by atoms with E-state index in [0.29, 0.717) is 16.4 Å². The Hall–Kier alpha value is -1.60. The zero-order valence-electron chi connectivity index (χ0n) is 15.2. The summed E-state index contributed by atoms with van der Waals surface area (Å²) in [6.07, 6.45) is 2.82. The fourth-order valence-electron chi connectivity index (χ4n) is 2.88. The number of nitro groups is 1. The molecule has 1 aromatic carbocycles. The zero-order valence-corrected chi connectivity index (χ0v) is 16.0. The van der Waals surface area contributed by atoms with Gasteiger partial charge in [-0.05, 0) is 56.2 Å². The fourth-order valence-corrected chi connectivity index (χ4v) is 4.14. The second-order valence-corrected chi connectivity index (χ2v) is 8.00. The van der Waals surface area contributed by atoms with E-state index in [1.807, 2.05) is 0 Å². The summed E-state index contributed by atoms with van der Waals surface area (Å²) in [5.74, 6) is 1.25. The maximum atomic E-state index is 12.7. The van der Waals surface area contributed by atoms with Crippen LogP contribution in [-0.4, -0.2) is 47.7 Å². The van der Waals surface area contributed by atoms with E-state index >= 15 is 0 Å². The van der Waals surface area contributed by atoms with Crippen molar-refractivity contribution < 1.29 is 9.72 Å². The summed E-state index contributed by atoms with van der Waals surface area (Å²) in [6, 6.07) is 5.04. The van der Waals surface area contributed by atoms with Crippen LogP contribution in [0.2, 0.25) is 0 Å². The highest BCUT2D eigenvalue weighted by molar-refractivity contribution is 7.99. The average molecular weight is 365 g/mol. The molecule has 1 aliphatic heterocycles. The molecule has 1 N–H and O–H groups in total. The van der Waals surface area contributed by atoms with Crippen molar-refractivity contribution in [2.75, 3.05) is 25.9 Å². The molecular weight excluding hydrogens is 338 g/mol. The summed E-state index contributed by atoms with van der Waals surface area (Å²) >= 11 is 1.49. The first-order valence-corrected chi connectivity index (χ1v) is 9.77. The van der Waals surface area contributed by atoms with Crippen LogP contribution in [0.3, 0.4) is 0 Å². The van der Waals surface area contributed by atoms with Crippen molar-refractivity contribution in [3.8, 4) is 0 Å². The number of carbonyl (C=O) groups excluding carboxylic acids is 1. The minimum absolute atomic E-state index is 0.0262. The van der Waals surface area contributed by atoms with Crippen LogP contribution in [0.1, 0.15) is 43.5 Å². The fraction of sp³-hybridized carbons (Fsp3) is 0.611. The van der Waals surface area contributed by atoms with Gasteiger partial charge in [-0.2, -0.15) is 0 Å². The second-order valence-electron chi connectivity index (χ2n) is 6.87. The van der Waals surface area contributed by atoms with E-state index in [4.69, 9.17) is 0 Å². The molecule has 138 valence electrons. The molecule has 2 rings (SSSR count). The average Bonchev–Trinajstić information content (AvgIpc) is 2.61. The van der Waals surface area contributed by atoms with Crippen molar-refractivity contribution >= 4 is 23.4 Å². The number of hydrogen-bond acceptors (Lipinski definition) is 5. The van der Waals surface area contributed by atoms with Crippen molar-refractivity contribution in [3.05, 3.63) is 33.9 Å². The monoisotopic (exact) mass is 365 g/mol. The molecule has 0 saturated carbocycles. The normalized spacial score (nSPS) is 15.4. The Labute approximate surface area is 153 Å². The molecule has 0 bridgehead atoms. The van der Waals surface area contributed by atoms with Crippen LogP contribution in [0.5, 0.6) is 0 Å². The van der Waals surface area contributed by atoms with E-state index in [0.717, 1.165) is 38.1 Å². The lowest BCUT2D eigenvalue weighted by molar-refractivity contribution is -0.387. The lowest BCUT2D eigenvalue weighted by Gasteiger charge is -2.31. The number of nitrogens with one attached hydrogen (secondary N) is 1. The van der Waals surface area contributed by atoms with Crippen LogP contribution in [-0.2, 0) is 0 Å². The minimum Gasteiger partial charge on any atom is -0.339 e. The van der Waals surface area contributed by atoms with Gasteiger partial charge in [0, 0.05) is 24.7 Å². The van der Waals surface area contributed by atoms with Gasteiger partial charge in [-0.15, -0.1) is 11.8 Å². The Balaban J connectivity index is 2.13. The van der Waals surface area contributed by atoms with Gasteiger partial charge in [0.25, 0.3) is 11.6 Å². The van der Waals surface area contributed by atoms with Crippen LogP contribution < -0.4 is 5.32 Å². The van der Waals surface area contributed by atoms with Crippen LogP contribution >= 0.6 is 11.8 Å². The van der Waals surface area contributed by atoms with Crippen molar-refractivity contribution in [2.45, 2.75) is 44.0 Å². The first-order chi connectivity index (χ1) is 11.9. The molecule has 1 fully saturated rings. The molecule has 1 saturated heterocycles. The first kappa shape index (κ1) is 19.7. The highest BCUT2D eigenvalue weighted by atomic mass is 32.2. The minimum atomic E-state index is -0.390. The van der Waals surface area contributed by atoms with Crippen molar-refractivity contribution in [1.29, 1.82) is 0 Å². The molecule has 0 atom stereocenters. The highest BCUT2D eigenvalue weighted by Gasteiger charge is 2.25. The molecule has 0 aliphatic carbocycles. The lowest BCUT2D eigenvalue weighted by atomic mass is 10.0. The van der Waals surface area contributed by atoms with E-state index in [1.54, 1.807) is 24.1 Å². The third kappa shape index (κ3) is 5.44. The van der Waals surface area contributed by atoms with Crippen LogP contribution in [0.4, 0.5) is 5.69 Å². The van der Waals surface area contributed by atoms with E-state index in [2.05, 4.69) is 19.2 Å². The van der Waals surface area contributed by atoms with Gasteiger partial charge in [-0.1, -0.05) is 13.8 Å². The summed E-state index contributed by atoms with van der Waals surface area (Å²) in [7, 11) is 1.79. The van der Waals surface area contributed by atoms with E-state index in [9.17, 15) is 14.9 Å². The maximum Gasteiger partial charge on any atom is 0.283 e. The van der Waals surface area contributed by atoms with E-state index in [-0.39, 0.29) is 22.6 Å². The SMILES string of the molecule is CC(C)CCSc1ccc(C(=O)N(C)C2CCNCC2)cc1[N+](=O)[O-]. The predicted octanol–water partition coefficient (Wildman–Crippen LogP) is 3.56. The summed E-state index contributed by atoms with van der Waals surface area (Å²) < 4.78 is 0. The zero-order chi connectivity index (χ0) is 18.4. The Morgan fingerprint density at radius 3 is 2.68 bits per heavy atom. The predicted molar refractivity (Wildman–Crippen MR) is 101 cm³/mol. The smallest absolute Gasteiger partial charge is 0.283 e. The number of carbonyl (C=O) groups is 1. The number of thioether (sulfide) groups is 1. The lowest BCUT2D eigenvalue weighted by Crippen LogP contribution is -2.43. The van der Waals surface area contributed by atoms with Gasteiger partial charge < -0.3 is 10.2 Å². The standard InChI is InChI=1S/C18H27N3O3S/c1-13(2)8-11-25-17-5-4-14(12-16(17)21(23)24)18(22)20(3)15-6-9-19-10-7-15/h4-5,12-13,15,19H,6-11H2,1-3H3. The molecule has 1 amide bonds. The number of nitrogens with zero attached hydrogens (tertiary/aromatic N) is 2. The van der Waals surface area contributed by atoms with Crippen LogP contribution in [0.15, 0.2) is 23.1 Å². The molecule has 0 aromatic heterocycles. The highest BCUT2D eigenvalue weighted by Crippen LogP contribution is 2.31. The van der Waals surface area contributed by atoms with Gasteiger partial charge in [0.15, 0.2) is 0 Å². The van der Waals surface area contributed by atoms with Crippen molar-refractivity contribution in [1.82, 2.24) is 10.2 Å². The van der Waals surface area contributed by atoms with Crippen molar-refractivity contribution in [2.24, 2.45) is 5.92 Å². The Bertz CT molecular complexity index is 616. The molecule has 1 heterocycles. The Morgan fingerprint density at radius 1 is 1.40 bits per heavy atom. The largest absolute Gasteiger partial charge is 0.339 e. The third-order valence-corrected chi connectivity index (χ3v) is 5.63. The number of hydrogen-bond donors (Lipinski definition) is 1. The molecule has 0 radical (unpaired) electrons. The number of piperidine rings is 1. The summed E-state index contributed by atoms with van der Waals surface area (Å²) in [5.41, 5.74) is 0.416. The second kappa shape index (κ2) is 9.20. The van der Waals surface area contributed by atoms with Gasteiger partial charge in [0.2, 0.25) is 0 Å². The van der Waals surface area contributed by atoms with E-state index < -0.39 is 0 Å². The summed E-state index contributed by atoms with van der Waals surface area (Å²) in [4.78, 5) is 26.1. The molecule has 25 heavy (non-hydrogen) atoms. The molecular formula is C18H27N3O3S. The van der Waals surface area contributed by atoms with Gasteiger partial charge in [0.1, 0.15) is 0 Å². The van der Waals surface area contributed by atoms with Crippen LogP contribution in [0.25, 0.3) is 0 Å². The quantitative estimate of drug-likeness (QED) is 0.454. The van der Waals surface area contributed by atoms with E-state index in [1.165, 1.54) is 17.8 Å². The molecule has 1 aliphatic rings. The number of benzene rings is 1. The third-order valence-electron chi connectivity index (χ3n) is 4.53. The van der Waals surface area contributed by atoms with Gasteiger partial charge in [-0.3, -0.25) is 14.9 Å². The maximum absolute atomic E-state index is 12.7. The number of nitro benzene ring substituents is 1. The van der Waals surface area contributed by atoms with Gasteiger partial charge >= 0.3 is 0 Å². The first-order valence-electron chi connectivity index (χ1n) is 8.79. The van der Waals surface area contributed by atoms with Crippen molar-refractivity contribution in [3.63, 3.8) is 0 Å². The number of rotatable bonds is 7. The molecule has 0 unspecified atom stereocenters. The Morgan fingerprint density at radius 2 is 2.08 bits per heavy atom. The topological polar surface area (TPSA) is 75.5 Å². The van der Waals surface area contributed by atoms with Gasteiger partial charge in [-0.25, -0.2) is 0 Å². The Kier molecular flexibility index (Phi) is 7.25. The summed E-state index contributed by atoms with van der Waals surface area (Å²) in [5, 5.41) is 14.7. The molecule has 1 aromatic rings. The molecule has 0 spiro atoms.